The van der Waals surface area contributed by atoms with E-state index in [4.69, 9.17) is 0 Å². The number of benzene rings is 2. The van der Waals surface area contributed by atoms with Crippen LogP contribution in [0.25, 0.3) is 6.08 Å². The Morgan fingerprint density at radius 2 is 1.78 bits per heavy atom. The fourth-order valence-electron chi connectivity index (χ4n) is 4.61. The average molecular weight is 442 g/mol. The molecule has 32 heavy (non-hydrogen) atoms. The molecule has 0 aromatic heterocycles. The predicted octanol–water partition coefficient (Wildman–Crippen LogP) is 4.07. The van der Waals surface area contributed by atoms with Gasteiger partial charge in [0.25, 0.3) is 0 Å². The SMILES string of the molecule is CN1C(=O)C2(CCN(C(=O)/C=C/c3ccccc3C(F)(F)F)CC2)c2cc(C=O)ccc21. The molecule has 0 N–H and O–H groups in total. The molecule has 0 radical (unpaired) electrons. The minimum atomic E-state index is -4.51. The Kier molecular flexibility index (Phi) is 5.40. The van der Waals surface area contributed by atoms with Gasteiger partial charge in [-0.25, -0.2) is 0 Å². The normalized spacial score (nSPS) is 17.8. The molecular formula is C24H21F3N2O3. The zero-order valence-electron chi connectivity index (χ0n) is 17.4. The van der Waals surface area contributed by atoms with Gasteiger partial charge >= 0.3 is 6.18 Å². The molecule has 1 fully saturated rings. The number of rotatable bonds is 3. The van der Waals surface area contributed by atoms with Crippen molar-refractivity contribution < 1.29 is 27.6 Å². The molecule has 8 heteroatoms. The molecule has 5 nitrogen and oxygen atoms in total. The molecule has 2 aromatic rings. The lowest BCUT2D eigenvalue weighted by Gasteiger charge is -2.38. The van der Waals surface area contributed by atoms with Crippen molar-refractivity contribution in [3.8, 4) is 0 Å². The molecule has 2 aromatic carbocycles. The number of piperidine rings is 1. The Morgan fingerprint density at radius 3 is 2.44 bits per heavy atom. The molecule has 0 saturated carbocycles. The number of aldehydes is 1. The van der Waals surface area contributed by atoms with Crippen molar-refractivity contribution in [2.24, 2.45) is 0 Å². The molecule has 4 rings (SSSR count). The molecule has 2 aliphatic heterocycles. The Bertz CT molecular complexity index is 1120. The summed E-state index contributed by atoms with van der Waals surface area (Å²) >= 11 is 0. The number of likely N-dealkylation sites (tertiary alicyclic amines) is 1. The van der Waals surface area contributed by atoms with Gasteiger partial charge in [0.15, 0.2) is 0 Å². The van der Waals surface area contributed by atoms with E-state index in [2.05, 4.69) is 0 Å². The fourth-order valence-corrected chi connectivity index (χ4v) is 4.61. The summed E-state index contributed by atoms with van der Waals surface area (Å²) in [5.41, 5.74) is 0.344. The monoisotopic (exact) mass is 442 g/mol. The molecule has 0 aliphatic carbocycles. The molecule has 0 unspecified atom stereocenters. The van der Waals surface area contributed by atoms with Crippen LogP contribution in [0.4, 0.5) is 18.9 Å². The second-order valence-electron chi connectivity index (χ2n) is 8.08. The number of nitrogens with zero attached hydrogens (tertiary/aromatic N) is 2. The molecular weight excluding hydrogens is 421 g/mol. The van der Waals surface area contributed by atoms with E-state index in [1.807, 2.05) is 0 Å². The van der Waals surface area contributed by atoms with Crippen LogP contribution in [0.1, 0.15) is 39.9 Å². The molecule has 2 amide bonds. The van der Waals surface area contributed by atoms with E-state index < -0.39 is 23.1 Å². The Morgan fingerprint density at radius 1 is 1.09 bits per heavy atom. The lowest BCUT2D eigenvalue weighted by Crippen LogP contribution is -2.49. The van der Waals surface area contributed by atoms with E-state index in [-0.39, 0.29) is 24.6 Å². The van der Waals surface area contributed by atoms with Crippen molar-refractivity contribution >= 4 is 29.9 Å². The number of carbonyl (C=O) groups is 3. The third-order valence-corrected chi connectivity index (χ3v) is 6.35. The van der Waals surface area contributed by atoms with Crippen molar-refractivity contribution in [2.45, 2.75) is 24.4 Å². The minimum Gasteiger partial charge on any atom is -0.339 e. The zero-order valence-corrected chi connectivity index (χ0v) is 17.4. The van der Waals surface area contributed by atoms with Crippen molar-refractivity contribution in [1.82, 2.24) is 4.90 Å². The number of amides is 2. The second-order valence-corrected chi connectivity index (χ2v) is 8.08. The summed E-state index contributed by atoms with van der Waals surface area (Å²) in [5.74, 6) is -0.477. The first-order valence-electron chi connectivity index (χ1n) is 10.2. The van der Waals surface area contributed by atoms with Crippen LogP contribution in [0.15, 0.2) is 48.5 Å². The van der Waals surface area contributed by atoms with Gasteiger partial charge in [-0.1, -0.05) is 18.2 Å². The number of hydrogen-bond donors (Lipinski definition) is 0. The highest BCUT2D eigenvalue weighted by Gasteiger charge is 2.51. The number of anilines is 1. The van der Waals surface area contributed by atoms with Gasteiger partial charge in [0, 0.05) is 37.5 Å². The summed E-state index contributed by atoms with van der Waals surface area (Å²) < 4.78 is 39.5. The summed E-state index contributed by atoms with van der Waals surface area (Å²) in [6.07, 6.45) is -0.698. The van der Waals surface area contributed by atoms with Crippen LogP contribution in [0.3, 0.4) is 0 Å². The highest BCUT2D eigenvalue weighted by Crippen LogP contribution is 2.47. The number of halogens is 3. The minimum absolute atomic E-state index is 0.0719. The maximum absolute atomic E-state index is 13.2. The van der Waals surface area contributed by atoms with E-state index in [0.29, 0.717) is 18.4 Å². The number of likely N-dealkylation sites (N-methyl/N-ethyl adjacent to an activating group) is 1. The Labute approximate surface area is 183 Å². The smallest absolute Gasteiger partial charge is 0.339 e. The van der Waals surface area contributed by atoms with Crippen LogP contribution in [0, 0.1) is 0 Å². The van der Waals surface area contributed by atoms with Gasteiger partial charge in [-0.15, -0.1) is 0 Å². The second kappa shape index (κ2) is 7.93. The van der Waals surface area contributed by atoms with E-state index >= 15 is 0 Å². The van der Waals surface area contributed by atoms with Gasteiger partial charge in [-0.3, -0.25) is 14.4 Å². The van der Waals surface area contributed by atoms with E-state index in [1.54, 1.807) is 30.1 Å². The average Bonchev–Trinajstić information content (AvgIpc) is 2.99. The highest BCUT2D eigenvalue weighted by molar-refractivity contribution is 6.08. The molecule has 1 saturated heterocycles. The molecule has 2 heterocycles. The van der Waals surface area contributed by atoms with Crippen molar-refractivity contribution in [3.63, 3.8) is 0 Å². The molecule has 0 atom stereocenters. The number of alkyl halides is 3. The Balaban J connectivity index is 1.52. The van der Waals surface area contributed by atoms with Crippen LogP contribution >= 0.6 is 0 Å². The first-order chi connectivity index (χ1) is 15.2. The lowest BCUT2D eigenvalue weighted by atomic mass is 9.73. The summed E-state index contributed by atoms with van der Waals surface area (Å²) in [4.78, 5) is 40.1. The number of hydrogen-bond acceptors (Lipinski definition) is 3. The van der Waals surface area contributed by atoms with Crippen LogP contribution in [-0.2, 0) is 21.2 Å². The number of carbonyl (C=O) groups excluding carboxylic acids is 3. The van der Waals surface area contributed by atoms with Gasteiger partial charge in [-0.2, -0.15) is 13.2 Å². The highest BCUT2D eigenvalue weighted by atomic mass is 19.4. The van der Waals surface area contributed by atoms with Crippen molar-refractivity contribution in [1.29, 1.82) is 0 Å². The number of fused-ring (bicyclic) bond motifs is 2. The van der Waals surface area contributed by atoms with E-state index in [9.17, 15) is 27.6 Å². The lowest BCUT2D eigenvalue weighted by molar-refractivity contribution is -0.137. The standard InChI is InChI=1S/C24H21F3N2O3/c1-28-20-8-6-16(15-30)14-19(20)23(22(28)32)10-12-29(13-11-23)21(31)9-7-17-4-2-3-5-18(17)24(25,26)27/h2-9,14-15H,10-13H2,1H3/b9-7+. The van der Waals surface area contributed by atoms with E-state index in [1.165, 1.54) is 29.2 Å². The fraction of sp³-hybridized carbons (Fsp3) is 0.292. The van der Waals surface area contributed by atoms with Crippen LogP contribution in [-0.4, -0.2) is 43.1 Å². The van der Waals surface area contributed by atoms with Gasteiger partial charge in [0.05, 0.1) is 11.0 Å². The van der Waals surface area contributed by atoms with Gasteiger partial charge in [-0.05, 0) is 54.3 Å². The summed E-state index contributed by atoms with van der Waals surface area (Å²) in [6.45, 7) is 0.572. The zero-order chi connectivity index (χ0) is 23.1. The third kappa shape index (κ3) is 3.59. The first-order valence-corrected chi connectivity index (χ1v) is 10.2. The van der Waals surface area contributed by atoms with Crippen molar-refractivity contribution in [3.05, 3.63) is 70.8 Å². The quantitative estimate of drug-likeness (QED) is 0.532. The third-order valence-electron chi connectivity index (χ3n) is 6.35. The maximum Gasteiger partial charge on any atom is 0.416 e. The maximum atomic E-state index is 13.2. The van der Waals surface area contributed by atoms with Crippen molar-refractivity contribution in [2.75, 3.05) is 25.0 Å². The summed E-state index contributed by atoms with van der Waals surface area (Å²) in [7, 11) is 1.69. The molecule has 2 aliphatic rings. The largest absolute Gasteiger partial charge is 0.416 e. The summed E-state index contributed by atoms with van der Waals surface area (Å²) in [6, 6.07) is 10.2. The molecule has 1 spiro atoms. The van der Waals surface area contributed by atoms with Gasteiger partial charge in [0.2, 0.25) is 11.8 Å². The summed E-state index contributed by atoms with van der Waals surface area (Å²) in [5, 5.41) is 0. The van der Waals surface area contributed by atoms with E-state index in [0.717, 1.165) is 29.7 Å². The van der Waals surface area contributed by atoms with Crippen LogP contribution in [0.5, 0.6) is 0 Å². The first kappa shape index (κ1) is 21.8. The van der Waals surface area contributed by atoms with Crippen LogP contribution in [0.2, 0.25) is 0 Å². The molecule has 0 bridgehead atoms. The van der Waals surface area contributed by atoms with Gasteiger partial charge in [0.1, 0.15) is 6.29 Å². The molecule has 166 valence electrons. The Hall–Kier alpha value is -3.42. The predicted molar refractivity (Wildman–Crippen MR) is 113 cm³/mol. The van der Waals surface area contributed by atoms with Gasteiger partial charge < -0.3 is 9.80 Å². The van der Waals surface area contributed by atoms with Crippen LogP contribution < -0.4 is 4.90 Å². The topological polar surface area (TPSA) is 57.7 Å².